The molecule has 0 radical (unpaired) electrons. The molecule has 17 atom stereocenters. The Morgan fingerprint density at radius 2 is 1.54 bits per heavy atom. The van der Waals surface area contributed by atoms with Crippen molar-refractivity contribution in [2.45, 2.75) is 117 Å². The second-order valence-corrected chi connectivity index (χ2v) is 11.1. The first-order valence-electron chi connectivity index (χ1n) is 13.7. The number of carbonyl (C=O) groups excluding carboxylic acids is 1. The number of hydrogen-bond acceptors (Lipinski definition) is 17. The minimum atomic E-state index is -1.66. The summed E-state index contributed by atoms with van der Waals surface area (Å²) >= 11 is 0. The Hall–Kier alpha value is -1.17. The second-order valence-electron chi connectivity index (χ2n) is 11.1. The predicted molar refractivity (Wildman–Crippen MR) is 138 cm³/mol. The molecule has 3 heterocycles. The Bertz CT molecular complexity index is 878. The Labute approximate surface area is 236 Å². The van der Waals surface area contributed by atoms with Crippen molar-refractivity contribution < 1.29 is 54.0 Å². The summed E-state index contributed by atoms with van der Waals surface area (Å²) in [7, 11) is 1.54. The minimum absolute atomic E-state index is 0.158. The van der Waals surface area contributed by atoms with Crippen molar-refractivity contribution in [1.29, 1.82) is 0 Å². The summed E-state index contributed by atoms with van der Waals surface area (Å²) in [6.07, 6.45) is -12.5. The molecule has 1 amide bonds. The number of ether oxygens (including phenoxy) is 5. The summed E-state index contributed by atoms with van der Waals surface area (Å²) < 4.78 is 29.6. The number of amides is 1. The maximum Gasteiger partial charge on any atom is 0.234 e. The highest BCUT2D eigenvalue weighted by Gasteiger charge is 2.54. The Kier molecular flexibility index (Phi) is 10.9. The van der Waals surface area contributed by atoms with E-state index < -0.39 is 116 Å². The van der Waals surface area contributed by atoms with Gasteiger partial charge in [-0.15, -0.1) is 0 Å². The molecule has 0 aromatic heterocycles. The molecule has 1 saturated carbocycles. The molecule has 41 heavy (non-hydrogen) atoms. The third-order valence-corrected chi connectivity index (χ3v) is 8.29. The molecule has 17 N–H and O–H groups in total. The van der Waals surface area contributed by atoms with E-state index in [0.29, 0.717) is 0 Å². The zero-order valence-electron chi connectivity index (χ0n) is 22.7. The number of likely N-dealkylation sites (N-methyl/N-ethyl adjacent to an activating group) is 1. The van der Waals surface area contributed by atoms with Crippen molar-refractivity contribution in [3.63, 3.8) is 0 Å². The quantitative estimate of drug-likeness (QED) is 0.124. The first-order valence-corrected chi connectivity index (χ1v) is 13.7. The van der Waals surface area contributed by atoms with Crippen LogP contribution in [0.2, 0.25) is 0 Å². The summed E-state index contributed by atoms with van der Waals surface area (Å²) in [5.41, 5.74) is 29.9. The van der Waals surface area contributed by atoms with Crippen LogP contribution in [0.3, 0.4) is 0 Å². The van der Waals surface area contributed by atoms with Crippen molar-refractivity contribution >= 4 is 5.91 Å². The van der Waals surface area contributed by atoms with Gasteiger partial charge in [-0.2, -0.15) is 0 Å². The monoisotopic (exact) mass is 595 g/mol. The highest BCUT2D eigenvalue weighted by atomic mass is 16.8. The highest BCUT2D eigenvalue weighted by molar-refractivity contribution is 5.78. The van der Waals surface area contributed by atoms with Gasteiger partial charge in [-0.3, -0.25) is 4.79 Å². The Balaban J connectivity index is 1.43. The van der Waals surface area contributed by atoms with Gasteiger partial charge >= 0.3 is 0 Å². The van der Waals surface area contributed by atoms with E-state index >= 15 is 0 Å². The normalized spacial score (nSPS) is 50.7. The molecule has 0 aromatic rings. The first kappa shape index (κ1) is 32.7. The van der Waals surface area contributed by atoms with Crippen LogP contribution < -0.4 is 39.3 Å². The van der Waals surface area contributed by atoms with Gasteiger partial charge in [0, 0.05) is 12.1 Å². The number of carbonyl (C=O) groups is 1. The predicted octanol–water partition coefficient (Wildman–Crippen LogP) is -7.87. The van der Waals surface area contributed by atoms with Crippen molar-refractivity contribution in [2.75, 3.05) is 20.2 Å². The molecule has 10 unspecified atom stereocenters. The van der Waals surface area contributed by atoms with Gasteiger partial charge in [-0.05, 0) is 19.9 Å². The maximum absolute atomic E-state index is 11.8. The van der Waals surface area contributed by atoms with Gasteiger partial charge in [-0.25, -0.2) is 0 Å². The van der Waals surface area contributed by atoms with Gasteiger partial charge in [0.05, 0.1) is 55.6 Å². The van der Waals surface area contributed by atoms with Crippen LogP contribution in [0.5, 0.6) is 0 Å². The largest absolute Gasteiger partial charge is 0.394 e. The Morgan fingerprint density at radius 3 is 2.17 bits per heavy atom. The smallest absolute Gasteiger partial charge is 0.234 e. The molecule has 238 valence electrons. The van der Waals surface area contributed by atoms with E-state index in [9.17, 15) is 30.3 Å². The van der Waals surface area contributed by atoms with Crippen molar-refractivity contribution in [3.8, 4) is 0 Å². The molecule has 1 aliphatic carbocycles. The second kappa shape index (κ2) is 13.6. The lowest BCUT2D eigenvalue weighted by Gasteiger charge is -2.51. The summed E-state index contributed by atoms with van der Waals surface area (Å²) in [6, 6.07) is -4.86. The molecule has 0 spiro atoms. The minimum Gasteiger partial charge on any atom is -0.394 e. The maximum atomic E-state index is 11.8. The van der Waals surface area contributed by atoms with Crippen LogP contribution in [0.1, 0.15) is 12.8 Å². The fourth-order valence-corrected chi connectivity index (χ4v) is 5.92. The lowest BCUT2D eigenvalue weighted by molar-refractivity contribution is -0.372. The standard InChI is InChI=1S/C23H45N7O11/c1-29-14-17(35)20-9(3-8(27)21(40-20)39-19-7(26)2-6(25)15(33)12(19)28)37-22(14)41-23-18(36)16(34)13(10(5-31)38-23)30-11(32)4-24/h6-10,12-23,29,31,33-36H,2-5,24-28H2,1H3,(H,30,32)/t6-,7?,8?,9+,10?,12-,13-,14?,15?,16?,17?,18?,19-,20?,21+,22?,23-/m1/s1. The number of aliphatic hydroxyl groups is 5. The van der Waals surface area contributed by atoms with E-state index in [-0.39, 0.29) is 19.4 Å². The topological polar surface area (TPSA) is 319 Å². The van der Waals surface area contributed by atoms with E-state index in [2.05, 4.69) is 10.6 Å². The van der Waals surface area contributed by atoms with Crippen LogP contribution in [0.25, 0.3) is 0 Å². The molecule has 18 nitrogen and oxygen atoms in total. The average molecular weight is 596 g/mol. The third-order valence-electron chi connectivity index (χ3n) is 8.29. The number of rotatable bonds is 8. The highest BCUT2D eigenvalue weighted by Crippen LogP contribution is 2.35. The molecule has 4 rings (SSSR count). The molecule has 4 fully saturated rings. The van der Waals surface area contributed by atoms with E-state index in [1.807, 2.05) is 0 Å². The zero-order chi connectivity index (χ0) is 30.2. The summed E-state index contributed by atoms with van der Waals surface area (Å²) in [4.78, 5) is 11.8. The lowest BCUT2D eigenvalue weighted by atomic mass is 9.83. The van der Waals surface area contributed by atoms with Crippen LogP contribution in [-0.4, -0.2) is 156 Å². The van der Waals surface area contributed by atoms with Gasteiger partial charge in [0.25, 0.3) is 0 Å². The molecule has 0 bridgehead atoms. The van der Waals surface area contributed by atoms with E-state index in [4.69, 9.17) is 52.4 Å². The van der Waals surface area contributed by atoms with Crippen molar-refractivity contribution in [2.24, 2.45) is 28.7 Å². The lowest BCUT2D eigenvalue weighted by Crippen LogP contribution is -2.71. The molecular weight excluding hydrogens is 550 g/mol. The van der Waals surface area contributed by atoms with Gasteiger partial charge < -0.3 is 88.5 Å². The number of aliphatic hydroxyl groups excluding tert-OH is 5. The number of hydrogen-bond donors (Lipinski definition) is 12. The summed E-state index contributed by atoms with van der Waals surface area (Å²) in [5.74, 6) is -0.620. The molecule has 18 heteroatoms. The van der Waals surface area contributed by atoms with Crippen molar-refractivity contribution in [3.05, 3.63) is 0 Å². The van der Waals surface area contributed by atoms with Gasteiger partial charge in [0.1, 0.15) is 30.5 Å². The average Bonchev–Trinajstić information content (AvgIpc) is 2.94. The summed E-state index contributed by atoms with van der Waals surface area (Å²) in [5, 5.41) is 58.0. The molecule has 3 aliphatic heterocycles. The number of fused-ring (bicyclic) bond motifs is 1. The number of nitrogens with two attached hydrogens (primary N) is 5. The third kappa shape index (κ3) is 6.68. The van der Waals surface area contributed by atoms with Crippen LogP contribution in [0.4, 0.5) is 0 Å². The van der Waals surface area contributed by atoms with Crippen LogP contribution in [0, 0.1) is 0 Å². The van der Waals surface area contributed by atoms with Gasteiger partial charge in [0.2, 0.25) is 5.91 Å². The van der Waals surface area contributed by atoms with E-state index in [0.717, 1.165) is 0 Å². The Morgan fingerprint density at radius 1 is 0.829 bits per heavy atom. The molecule has 0 aromatic carbocycles. The van der Waals surface area contributed by atoms with Crippen LogP contribution >= 0.6 is 0 Å². The van der Waals surface area contributed by atoms with E-state index in [1.165, 1.54) is 0 Å². The molecular formula is C23H45N7O11. The van der Waals surface area contributed by atoms with Crippen LogP contribution in [0.15, 0.2) is 0 Å². The molecule has 4 aliphatic rings. The van der Waals surface area contributed by atoms with E-state index in [1.54, 1.807) is 7.05 Å². The van der Waals surface area contributed by atoms with Crippen molar-refractivity contribution in [1.82, 2.24) is 10.6 Å². The zero-order valence-corrected chi connectivity index (χ0v) is 22.7. The van der Waals surface area contributed by atoms with Gasteiger partial charge in [-0.1, -0.05) is 0 Å². The fraction of sp³-hybridized carbons (Fsp3) is 0.957. The summed E-state index contributed by atoms with van der Waals surface area (Å²) in [6.45, 7) is -0.987. The van der Waals surface area contributed by atoms with Crippen LogP contribution in [-0.2, 0) is 28.5 Å². The first-order chi connectivity index (χ1) is 19.4. The SMILES string of the molecule is CNC1C(O[C@H]2OC(CO)[C@@H](NC(=O)CN)C(O)C2O)O[C@H]2CC(N)[C@@H](O[C@@H]3C(N)C[C@@H](N)C(O)[C@H]3N)OC2C1O. The fourth-order valence-electron chi connectivity index (χ4n) is 5.92. The molecule has 3 saturated heterocycles. The number of nitrogens with one attached hydrogen (secondary N) is 2. The van der Waals surface area contributed by atoms with Gasteiger partial charge in [0.15, 0.2) is 18.9 Å².